The Kier molecular flexibility index (Phi) is 3.26. The number of rotatable bonds is 4. The van der Waals surface area contributed by atoms with Crippen LogP contribution in [0.1, 0.15) is 31.0 Å². The lowest BCUT2D eigenvalue weighted by Crippen LogP contribution is -2.20. The van der Waals surface area contributed by atoms with E-state index in [-0.39, 0.29) is 6.04 Å². The Morgan fingerprint density at radius 3 is 2.69 bits per heavy atom. The lowest BCUT2D eigenvalue weighted by Gasteiger charge is -2.11. The van der Waals surface area contributed by atoms with E-state index in [9.17, 15) is 0 Å². The molecule has 0 radical (unpaired) electrons. The monoisotopic (exact) mass is 217 g/mol. The van der Waals surface area contributed by atoms with Crippen LogP contribution in [0.5, 0.6) is 0 Å². The minimum absolute atomic E-state index is 0.359. The molecule has 2 N–H and O–H groups in total. The Bertz CT molecular complexity index is 437. The Labute approximate surface area is 94.4 Å². The van der Waals surface area contributed by atoms with Gasteiger partial charge < -0.3 is 10.3 Å². The molecular formula is C11H15N5. The lowest BCUT2D eigenvalue weighted by molar-refractivity contribution is 0.599. The van der Waals surface area contributed by atoms with E-state index in [1.807, 2.05) is 10.8 Å². The fourth-order valence-corrected chi connectivity index (χ4v) is 1.62. The van der Waals surface area contributed by atoms with E-state index in [4.69, 9.17) is 5.73 Å². The van der Waals surface area contributed by atoms with Crippen LogP contribution < -0.4 is 5.73 Å². The van der Waals surface area contributed by atoms with Gasteiger partial charge in [-0.3, -0.25) is 0 Å². The number of aromatic nitrogens is 4. The number of nitrogens with zero attached hydrogens (tertiary/aromatic N) is 4. The van der Waals surface area contributed by atoms with E-state index < -0.39 is 0 Å². The van der Waals surface area contributed by atoms with E-state index in [2.05, 4.69) is 21.9 Å². The zero-order valence-corrected chi connectivity index (χ0v) is 9.24. The van der Waals surface area contributed by atoms with Crippen molar-refractivity contribution in [2.24, 2.45) is 5.73 Å². The van der Waals surface area contributed by atoms with Crippen molar-refractivity contribution in [3.63, 3.8) is 0 Å². The summed E-state index contributed by atoms with van der Waals surface area (Å²) in [7, 11) is 0. The third kappa shape index (κ3) is 2.09. The summed E-state index contributed by atoms with van der Waals surface area (Å²) in [5, 5.41) is 0. The third-order valence-corrected chi connectivity index (χ3v) is 2.35. The van der Waals surface area contributed by atoms with Gasteiger partial charge in [0.15, 0.2) is 5.82 Å². The molecule has 5 nitrogen and oxygen atoms in total. The van der Waals surface area contributed by atoms with Crippen LogP contribution in [0.4, 0.5) is 0 Å². The highest BCUT2D eigenvalue weighted by molar-refractivity contribution is 5.10. The molecule has 1 unspecified atom stereocenters. The third-order valence-electron chi connectivity index (χ3n) is 2.35. The van der Waals surface area contributed by atoms with E-state index in [1.165, 1.54) is 0 Å². The fourth-order valence-electron chi connectivity index (χ4n) is 1.62. The lowest BCUT2D eigenvalue weighted by atomic mass is 10.2. The molecule has 2 heterocycles. The molecule has 2 rings (SSSR count). The quantitative estimate of drug-likeness (QED) is 0.833. The molecule has 0 spiro atoms. The van der Waals surface area contributed by atoms with E-state index >= 15 is 0 Å². The zero-order valence-electron chi connectivity index (χ0n) is 9.24. The first-order valence-corrected chi connectivity index (χ1v) is 5.36. The van der Waals surface area contributed by atoms with Gasteiger partial charge >= 0.3 is 0 Å². The first-order chi connectivity index (χ1) is 7.83. The molecule has 1 atom stereocenters. The maximum Gasteiger partial charge on any atom is 0.152 e. The highest BCUT2D eigenvalue weighted by Gasteiger charge is 2.16. The van der Waals surface area contributed by atoms with E-state index in [1.54, 1.807) is 24.7 Å². The van der Waals surface area contributed by atoms with Crippen molar-refractivity contribution < 1.29 is 0 Å². The van der Waals surface area contributed by atoms with Gasteiger partial charge in [-0.2, -0.15) is 0 Å². The maximum atomic E-state index is 6.08. The summed E-state index contributed by atoms with van der Waals surface area (Å²) in [5.74, 6) is 1.42. The molecule has 0 fully saturated rings. The molecule has 2 aromatic rings. The zero-order chi connectivity index (χ0) is 11.4. The highest BCUT2D eigenvalue weighted by Crippen LogP contribution is 2.13. The summed E-state index contributed by atoms with van der Waals surface area (Å²) in [6.45, 7) is 3.03. The first kappa shape index (κ1) is 10.8. The smallest absolute Gasteiger partial charge is 0.152 e. The molecule has 0 saturated carbocycles. The van der Waals surface area contributed by atoms with Crippen LogP contribution in [-0.4, -0.2) is 19.5 Å². The van der Waals surface area contributed by atoms with Gasteiger partial charge in [0.2, 0.25) is 0 Å². The minimum atomic E-state index is -0.359. The molecule has 84 valence electrons. The Hall–Kier alpha value is -1.75. The van der Waals surface area contributed by atoms with Crippen LogP contribution in [0, 0.1) is 0 Å². The van der Waals surface area contributed by atoms with Gasteiger partial charge in [-0.05, 0) is 12.5 Å². The van der Waals surface area contributed by atoms with Crippen molar-refractivity contribution in [3.05, 3.63) is 42.5 Å². The molecule has 0 amide bonds. The van der Waals surface area contributed by atoms with Crippen LogP contribution in [0.2, 0.25) is 0 Å². The molecule has 0 aliphatic rings. The summed E-state index contributed by atoms with van der Waals surface area (Å²) >= 11 is 0. The van der Waals surface area contributed by atoms with E-state index in [0.29, 0.717) is 5.82 Å². The summed E-state index contributed by atoms with van der Waals surface area (Å²) in [6, 6.07) is 1.41. The van der Waals surface area contributed by atoms with Crippen LogP contribution >= 0.6 is 0 Å². The highest BCUT2D eigenvalue weighted by atomic mass is 15.1. The molecule has 0 saturated heterocycles. The second-order valence-corrected chi connectivity index (χ2v) is 3.56. The van der Waals surface area contributed by atoms with Crippen molar-refractivity contribution >= 4 is 0 Å². The number of hydrogen-bond acceptors (Lipinski definition) is 4. The molecule has 0 aliphatic carbocycles. The first-order valence-electron chi connectivity index (χ1n) is 5.36. The Morgan fingerprint density at radius 2 is 2.00 bits per heavy atom. The summed E-state index contributed by atoms with van der Waals surface area (Å²) in [5.41, 5.74) is 6.08. The fraction of sp³-hybridized carbons (Fsp3) is 0.364. The normalized spacial score (nSPS) is 12.6. The van der Waals surface area contributed by atoms with Gasteiger partial charge in [0.1, 0.15) is 11.9 Å². The number of imidazole rings is 1. The topological polar surface area (TPSA) is 69.6 Å². The van der Waals surface area contributed by atoms with Gasteiger partial charge in [-0.1, -0.05) is 6.92 Å². The number of aryl methyl sites for hydroxylation is 1. The van der Waals surface area contributed by atoms with E-state index in [0.717, 1.165) is 18.8 Å². The molecule has 5 heteroatoms. The van der Waals surface area contributed by atoms with Crippen molar-refractivity contribution in [2.45, 2.75) is 25.9 Å². The maximum absolute atomic E-state index is 6.08. The molecule has 2 aromatic heterocycles. The molecule has 0 aliphatic heterocycles. The number of nitrogens with two attached hydrogens (primary N) is 1. The van der Waals surface area contributed by atoms with Crippen molar-refractivity contribution in [1.82, 2.24) is 19.5 Å². The molecular weight excluding hydrogens is 202 g/mol. The average molecular weight is 217 g/mol. The second kappa shape index (κ2) is 4.85. The van der Waals surface area contributed by atoms with Gasteiger partial charge in [0.25, 0.3) is 0 Å². The average Bonchev–Trinajstić information content (AvgIpc) is 2.78. The molecule has 0 aromatic carbocycles. The van der Waals surface area contributed by atoms with Crippen molar-refractivity contribution in [3.8, 4) is 0 Å². The summed E-state index contributed by atoms with van der Waals surface area (Å²) < 4.78 is 2.04. The van der Waals surface area contributed by atoms with Gasteiger partial charge in [-0.25, -0.2) is 15.0 Å². The standard InChI is InChI=1S/C11H15N5/c1-2-7-16-8-6-15-11(16)9(12)10-13-4-3-5-14-10/h3-6,8-9H,2,7,12H2,1H3. The van der Waals surface area contributed by atoms with Gasteiger partial charge in [-0.15, -0.1) is 0 Å². The Morgan fingerprint density at radius 1 is 1.25 bits per heavy atom. The van der Waals surface area contributed by atoms with Gasteiger partial charge in [0, 0.05) is 31.3 Å². The van der Waals surface area contributed by atoms with Crippen LogP contribution in [0.3, 0.4) is 0 Å². The second-order valence-electron chi connectivity index (χ2n) is 3.56. The summed E-state index contributed by atoms with van der Waals surface area (Å²) in [6.07, 6.45) is 8.12. The van der Waals surface area contributed by atoms with Crippen LogP contribution in [0.15, 0.2) is 30.9 Å². The molecule has 0 bridgehead atoms. The predicted molar refractivity (Wildman–Crippen MR) is 60.6 cm³/mol. The summed E-state index contributed by atoms with van der Waals surface area (Å²) in [4.78, 5) is 12.6. The van der Waals surface area contributed by atoms with Crippen molar-refractivity contribution in [2.75, 3.05) is 0 Å². The SMILES string of the molecule is CCCn1ccnc1C(N)c1ncccn1. The Balaban J connectivity index is 2.27. The number of hydrogen-bond donors (Lipinski definition) is 1. The minimum Gasteiger partial charge on any atom is -0.333 e. The largest absolute Gasteiger partial charge is 0.333 e. The van der Waals surface area contributed by atoms with Crippen molar-refractivity contribution in [1.29, 1.82) is 0 Å². The predicted octanol–water partition coefficient (Wildman–Crippen LogP) is 1.13. The van der Waals surface area contributed by atoms with Crippen LogP contribution in [0.25, 0.3) is 0 Å². The van der Waals surface area contributed by atoms with Crippen LogP contribution in [-0.2, 0) is 6.54 Å². The molecule has 16 heavy (non-hydrogen) atoms. The van der Waals surface area contributed by atoms with Gasteiger partial charge in [0.05, 0.1) is 0 Å².